The fourth-order valence-electron chi connectivity index (χ4n) is 3.64. The Morgan fingerprint density at radius 1 is 1.17 bits per heavy atom. The lowest BCUT2D eigenvalue weighted by Crippen LogP contribution is -2.25. The predicted molar refractivity (Wildman–Crippen MR) is 84.7 cm³/mol. The Morgan fingerprint density at radius 3 is 2.57 bits per heavy atom. The van der Waals surface area contributed by atoms with Gasteiger partial charge in [0.25, 0.3) is 0 Å². The van der Waals surface area contributed by atoms with Gasteiger partial charge in [-0.3, -0.25) is 0 Å². The van der Waals surface area contributed by atoms with E-state index in [-0.39, 0.29) is 0 Å². The summed E-state index contributed by atoms with van der Waals surface area (Å²) in [4.78, 5) is 18.2. The summed E-state index contributed by atoms with van der Waals surface area (Å²) in [6.45, 7) is 2.43. The lowest BCUT2D eigenvalue weighted by Gasteiger charge is -2.33. The topological polar surface area (TPSA) is 95.9 Å². The summed E-state index contributed by atoms with van der Waals surface area (Å²) in [6.07, 6.45) is 4.14. The number of fused-ring (bicyclic) bond motifs is 1. The fraction of sp³-hybridized carbons (Fsp3) is 0.529. The first kappa shape index (κ1) is 17.3. The maximum Gasteiger partial charge on any atom is 0.414 e. The monoisotopic (exact) mass is 321 g/mol. The standard InChI is InChI=1S/C15H21NO.C2H2O4/c1-17-13-6-2-4-11(8-13)14-7-3-5-12-9-16-10-15(12)14;3-1(4)2(5)6/h2,4,6,8,12,14-16H,3,5,7,9-10H2,1H3;(H,3,4)(H,5,6)/t12-,14+,15-;/m0./s1. The van der Waals surface area contributed by atoms with Crippen molar-refractivity contribution in [1.29, 1.82) is 0 Å². The van der Waals surface area contributed by atoms with Gasteiger partial charge in [-0.15, -0.1) is 0 Å². The van der Waals surface area contributed by atoms with Crippen molar-refractivity contribution in [1.82, 2.24) is 5.32 Å². The van der Waals surface area contributed by atoms with E-state index in [0.717, 1.165) is 23.5 Å². The second-order valence-corrected chi connectivity index (χ2v) is 6.01. The number of methoxy groups -OCH3 is 1. The summed E-state index contributed by atoms with van der Waals surface area (Å²) in [5.41, 5.74) is 1.47. The van der Waals surface area contributed by atoms with Crippen molar-refractivity contribution in [2.24, 2.45) is 11.8 Å². The maximum atomic E-state index is 9.10. The molecule has 1 heterocycles. The van der Waals surface area contributed by atoms with Crippen LogP contribution in [-0.2, 0) is 9.59 Å². The fourth-order valence-corrected chi connectivity index (χ4v) is 3.64. The smallest absolute Gasteiger partial charge is 0.414 e. The molecule has 0 radical (unpaired) electrons. The molecule has 0 aromatic heterocycles. The normalized spacial score (nSPS) is 25.7. The molecule has 3 rings (SSSR count). The van der Waals surface area contributed by atoms with Gasteiger partial charge >= 0.3 is 11.9 Å². The van der Waals surface area contributed by atoms with Gasteiger partial charge < -0.3 is 20.3 Å². The summed E-state index contributed by atoms with van der Waals surface area (Å²) in [5.74, 6) is -0.171. The lowest BCUT2D eigenvalue weighted by atomic mass is 9.71. The molecule has 0 unspecified atom stereocenters. The number of hydrogen-bond donors (Lipinski definition) is 3. The van der Waals surface area contributed by atoms with Crippen LogP contribution in [-0.4, -0.2) is 42.4 Å². The van der Waals surface area contributed by atoms with Crippen LogP contribution in [0.15, 0.2) is 24.3 Å². The summed E-state index contributed by atoms with van der Waals surface area (Å²) in [7, 11) is 1.75. The van der Waals surface area contributed by atoms with Gasteiger partial charge in [-0.2, -0.15) is 0 Å². The molecular weight excluding hydrogens is 298 g/mol. The number of carboxylic acids is 2. The molecule has 126 valence electrons. The van der Waals surface area contributed by atoms with Crippen molar-refractivity contribution in [2.75, 3.05) is 20.2 Å². The first-order chi connectivity index (χ1) is 11.0. The summed E-state index contributed by atoms with van der Waals surface area (Å²) in [5, 5.41) is 18.3. The largest absolute Gasteiger partial charge is 0.497 e. The van der Waals surface area contributed by atoms with Gasteiger partial charge in [0.1, 0.15) is 5.75 Å². The second kappa shape index (κ2) is 7.97. The van der Waals surface area contributed by atoms with Crippen LogP contribution >= 0.6 is 0 Å². The highest BCUT2D eigenvalue weighted by Crippen LogP contribution is 2.43. The first-order valence-electron chi connectivity index (χ1n) is 7.83. The van der Waals surface area contributed by atoms with Crippen LogP contribution in [0.1, 0.15) is 30.7 Å². The molecule has 6 heteroatoms. The Labute approximate surface area is 135 Å². The van der Waals surface area contributed by atoms with Crippen LogP contribution in [0.4, 0.5) is 0 Å². The summed E-state index contributed by atoms with van der Waals surface area (Å²) in [6, 6.07) is 8.66. The second-order valence-electron chi connectivity index (χ2n) is 6.01. The zero-order valence-corrected chi connectivity index (χ0v) is 13.2. The van der Waals surface area contributed by atoms with Crippen molar-refractivity contribution < 1.29 is 24.5 Å². The minimum Gasteiger partial charge on any atom is -0.497 e. The number of benzene rings is 1. The minimum atomic E-state index is -1.82. The van der Waals surface area contributed by atoms with Gasteiger partial charge in [0, 0.05) is 0 Å². The Bertz CT molecular complexity index is 548. The van der Waals surface area contributed by atoms with E-state index in [1.54, 1.807) is 7.11 Å². The van der Waals surface area contributed by atoms with E-state index in [1.165, 1.54) is 37.9 Å². The highest BCUT2D eigenvalue weighted by molar-refractivity contribution is 6.27. The molecule has 3 N–H and O–H groups in total. The van der Waals surface area contributed by atoms with E-state index >= 15 is 0 Å². The quantitative estimate of drug-likeness (QED) is 0.721. The van der Waals surface area contributed by atoms with Crippen LogP contribution in [0.5, 0.6) is 5.75 Å². The number of rotatable bonds is 2. The van der Waals surface area contributed by atoms with Crippen LogP contribution in [0.3, 0.4) is 0 Å². The lowest BCUT2D eigenvalue weighted by molar-refractivity contribution is -0.159. The van der Waals surface area contributed by atoms with Crippen LogP contribution in [0.25, 0.3) is 0 Å². The van der Waals surface area contributed by atoms with Gasteiger partial charge in [-0.05, 0) is 61.4 Å². The third-order valence-corrected chi connectivity index (χ3v) is 4.70. The van der Waals surface area contributed by atoms with Gasteiger partial charge in [0.15, 0.2) is 0 Å². The molecule has 1 aliphatic carbocycles. The third kappa shape index (κ3) is 4.45. The number of aliphatic carboxylic acids is 2. The first-order valence-corrected chi connectivity index (χ1v) is 7.83. The highest BCUT2D eigenvalue weighted by Gasteiger charge is 2.37. The molecule has 2 aliphatic rings. The predicted octanol–water partition coefficient (Wildman–Crippen LogP) is 1.95. The van der Waals surface area contributed by atoms with Crippen molar-refractivity contribution in [3.63, 3.8) is 0 Å². The SMILES string of the molecule is COc1cccc([C@H]2CCC[C@H]3CNC[C@@H]32)c1.O=C(O)C(=O)O. The Balaban J connectivity index is 0.000000277. The number of nitrogens with one attached hydrogen (secondary N) is 1. The van der Waals surface area contributed by atoms with Gasteiger partial charge in [0.05, 0.1) is 7.11 Å². The maximum absolute atomic E-state index is 9.10. The Morgan fingerprint density at radius 2 is 1.91 bits per heavy atom. The Hall–Kier alpha value is -2.08. The zero-order chi connectivity index (χ0) is 16.8. The van der Waals surface area contributed by atoms with E-state index < -0.39 is 11.9 Å². The average Bonchev–Trinajstić information content (AvgIpc) is 3.04. The molecule has 2 fully saturated rings. The number of carboxylic acid groups (broad SMARTS) is 2. The van der Waals surface area contributed by atoms with E-state index in [1.807, 2.05) is 6.07 Å². The molecule has 0 amide bonds. The van der Waals surface area contributed by atoms with E-state index in [2.05, 4.69) is 23.5 Å². The minimum absolute atomic E-state index is 0.735. The van der Waals surface area contributed by atoms with Crippen LogP contribution in [0.2, 0.25) is 0 Å². The summed E-state index contributed by atoms with van der Waals surface area (Å²) < 4.78 is 5.34. The van der Waals surface area contributed by atoms with E-state index in [9.17, 15) is 0 Å². The van der Waals surface area contributed by atoms with Crippen molar-refractivity contribution >= 4 is 11.9 Å². The molecule has 0 spiro atoms. The molecule has 1 aromatic rings. The number of ether oxygens (including phenoxy) is 1. The van der Waals surface area contributed by atoms with Crippen molar-refractivity contribution in [2.45, 2.75) is 25.2 Å². The zero-order valence-electron chi connectivity index (χ0n) is 13.2. The van der Waals surface area contributed by atoms with Crippen LogP contribution in [0, 0.1) is 11.8 Å². The van der Waals surface area contributed by atoms with Gasteiger partial charge in [-0.25, -0.2) is 9.59 Å². The summed E-state index contributed by atoms with van der Waals surface area (Å²) >= 11 is 0. The van der Waals surface area contributed by atoms with Crippen molar-refractivity contribution in [3.8, 4) is 5.75 Å². The van der Waals surface area contributed by atoms with E-state index in [4.69, 9.17) is 24.5 Å². The molecule has 1 aromatic carbocycles. The molecule has 1 aliphatic heterocycles. The van der Waals surface area contributed by atoms with Crippen molar-refractivity contribution in [3.05, 3.63) is 29.8 Å². The Kier molecular flexibility index (Phi) is 5.98. The molecule has 6 nitrogen and oxygen atoms in total. The van der Waals surface area contributed by atoms with E-state index in [0.29, 0.717) is 0 Å². The number of carbonyl (C=O) groups is 2. The number of hydrogen-bond acceptors (Lipinski definition) is 4. The van der Waals surface area contributed by atoms with Gasteiger partial charge in [0.2, 0.25) is 0 Å². The average molecular weight is 321 g/mol. The van der Waals surface area contributed by atoms with Gasteiger partial charge in [-0.1, -0.05) is 18.6 Å². The molecule has 0 bridgehead atoms. The molecular formula is C17H23NO5. The molecule has 3 atom stereocenters. The van der Waals surface area contributed by atoms with Crippen LogP contribution < -0.4 is 10.1 Å². The third-order valence-electron chi connectivity index (χ3n) is 4.70. The molecule has 1 saturated heterocycles. The highest BCUT2D eigenvalue weighted by atomic mass is 16.5. The molecule has 1 saturated carbocycles. The molecule has 23 heavy (non-hydrogen) atoms.